The topological polar surface area (TPSA) is 72.1 Å². The van der Waals surface area contributed by atoms with E-state index in [1.807, 2.05) is 32.6 Å². The van der Waals surface area contributed by atoms with Gasteiger partial charge in [-0.3, -0.25) is 4.79 Å². The first-order valence-electron chi connectivity index (χ1n) is 7.10. The minimum Gasteiger partial charge on any atom is -0.368 e. The number of carbonyl (C=O) groups excluding carboxylic acids is 1. The molecule has 1 heterocycles. The molecule has 21 heavy (non-hydrogen) atoms. The van der Waals surface area contributed by atoms with Crippen LogP contribution in [-0.4, -0.2) is 29.0 Å². The lowest BCUT2D eigenvalue weighted by molar-refractivity contribution is -0.116. The van der Waals surface area contributed by atoms with Gasteiger partial charge in [-0.05, 0) is 12.8 Å². The zero-order valence-corrected chi connectivity index (χ0v) is 14.5. The first-order chi connectivity index (χ1) is 9.52. The van der Waals surface area contributed by atoms with Crippen molar-refractivity contribution < 1.29 is 4.79 Å². The number of anilines is 1. The smallest absolute Gasteiger partial charge is 0.236 e. The van der Waals surface area contributed by atoms with E-state index in [9.17, 15) is 4.79 Å². The summed E-state index contributed by atoms with van der Waals surface area (Å²) in [5.74, 6) is 1.33. The lowest BCUT2D eigenvalue weighted by Gasteiger charge is -2.28. The van der Waals surface area contributed by atoms with E-state index in [2.05, 4.69) is 23.8 Å². The molecule has 0 unspecified atom stereocenters. The fraction of sp³-hybridized carbons (Fsp3) is 0.667. The van der Waals surface area contributed by atoms with Crippen LogP contribution in [0.15, 0.2) is 0 Å². The van der Waals surface area contributed by atoms with Crippen molar-refractivity contribution in [1.82, 2.24) is 9.97 Å². The second-order valence-electron chi connectivity index (χ2n) is 6.78. The number of hydrogen-bond acceptors (Lipinski definition) is 4. The number of halogens is 1. The molecule has 1 amide bonds. The summed E-state index contributed by atoms with van der Waals surface area (Å²) < 4.78 is 0. The first-order valence-corrected chi connectivity index (χ1v) is 7.48. The summed E-state index contributed by atoms with van der Waals surface area (Å²) in [5.41, 5.74) is 5.91. The van der Waals surface area contributed by atoms with E-state index in [-0.39, 0.29) is 17.9 Å². The van der Waals surface area contributed by atoms with E-state index in [0.29, 0.717) is 29.3 Å². The number of nitrogens with zero attached hydrogens (tertiary/aromatic N) is 3. The molecule has 0 bridgehead atoms. The van der Waals surface area contributed by atoms with Crippen LogP contribution in [-0.2, 0) is 10.2 Å². The highest BCUT2D eigenvalue weighted by molar-refractivity contribution is 6.30. The summed E-state index contributed by atoms with van der Waals surface area (Å²) in [6.45, 7) is 12.9. The first kappa shape index (κ1) is 17.7. The molecule has 0 aromatic carbocycles. The van der Waals surface area contributed by atoms with Crippen LogP contribution in [0.4, 0.5) is 5.82 Å². The van der Waals surface area contributed by atoms with Gasteiger partial charge in [0.05, 0.1) is 6.54 Å². The summed E-state index contributed by atoms with van der Waals surface area (Å²) in [6, 6.07) is 0. The van der Waals surface area contributed by atoms with Crippen LogP contribution < -0.4 is 10.6 Å². The molecule has 6 heteroatoms. The Labute approximate surface area is 131 Å². The Morgan fingerprint density at radius 1 is 1.33 bits per heavy atom. The molecule has 0 aliphatic heterocycles. The van der Waals surface area contributed by atoms with Crippen molar-refractivity contribution in [3.63, 3.8) is 0 Å². The molecule has 1 aromatic rings. The molecule has 2 N–H and O–H groups in total. The van der Waals surface area contributed by atoms with Crippen LogP contribution in [0.25, 0.3) is 0 Å². The predicted molar refractivity (Wildman–Crippen MR) is 86.7 cm³/mol. The fourth-order valence-corrected chi connectivity index (χ4v) is 2.14. The van der Waals surface area contributed by atoms with Crippen molar-refractivity contribution in [1.29, 1.82) is 0 Å². The highest BCUT2D eigenvalue weighted by atomic mass is 35.5. The van der Waals surface area contributed by atoms with Crippen molar-refractivity contribution in [2.45, 2.75) is 47.0 Å². The Kier molecular flexibility index (Phi) is 5.56. The zero-order chi connectivity index (χ0) is 16.4. The van der Waals surface area contributed by atoms with Gasteiger partial charge >= 0.3 is 0 Å². The molecule has 0 aliphatic rings. The fourth-order valence-electron chi connectivity index (χ4n) is 1.98. The van der Waals surface area contributed by atoms with Crippen molar-refractivity contribution in [2.24, 2.45) is 11.7 Å². The van der Waals surface area contributed by atoms with Crippen LogP contribution in [0.5, 0.6) is 0 Å². The van der Waals surface area contributed by atoms with Gasteiger partial charge in [-0.25, -0.2) is 9.97 Å². The molecule has 0 atom stereocenters. The van der Waals surface area contributed by atoms with Gasteiger partial charge in [-0.2, -0.15) is 0 Å². The van der Waals surface area contributed by atoms with Crippen LogP contribution in [0.3, 0.4) is 0 Å². The molecule has 118 valence electrons. The van der Waals surface area contributed by atoms with E-state index in [0.717, 1.165) is 5.56 Å². The number of aromatic nitrogens is 2. The van der Waals surface area contributed by atoms with Gasteiger partial charge in [0.2, 0.25) is 5.91 Å². The summed E-state index contributed by atoms with van der Waals surface area (Å²) in [7, 11) is 0. The number of hydrogen-bond donors (Lipinski definition) is 1. The van der Waals surface area contributed by atoms with Gasteiger partial charge in [0, 0.05) is 17.5 Å². The molecular formula is C15H25ClN4O. The third-order valence-corrected chi connectivity index (χ3v) is 3.33. The molecule has 1 rings (SSSR count). The largest absolute Gasteiger partial charge is 0.368 e. The van der Waals surface area contributed by atoms with Gasteiger partial charge in [0.25, 0.3) is 0 Å². The van der Waals surface area contributed by atoms with Crippen molar-refractivity contribution in [2.75, 3.05) is 18.0 Å². The summed E-state index contributed by atoms with van der Waals surface area (Å²) in [5, 5.41) is 0.420. The van der Waals surface area contributed by atoms with Gasteiger partial charge in [0.15, 0.2) is 0 Å². The van der Waals surface area contributed by atoms with Gasteiger partial charge in [-0.15, -0.1) is 0 Å². The van der Waals surface area contributed by atoms with Crippen molar-refractivity contribution in [3.05, 3.63) is 16.5 Å². The summed E-state index contributed by atoms with van der Waals surface area (Å²) in [6.07, 6.45) is 0. The lowest BCUT2D eigenvalue weighted by atomic mass is 9.95. The van der Waals surface area contributed by atoms with Gasteiger partial charge < -0.3 is 10.6 Å². The van der Waals surface area contributed by atoms with Crippen molar-refractivity contribution in [3.8, 4) is 0 Å². The monoisotopic (exact) mass is 312 g/mol. The van der Waals surface area contributed by atoms with Gasteiger partial charge in [0.1, 0.15) is 16.8 Å². The Morgan fingerprint density at radius 2 is 1.90 bits per heavy atom. The molecule has 0 radical (unpaired) electrons. The van der Waals surface area contributed by atoms with Crippen LogP contribution in [0.1, 0.15) is 46.0 Å². The molecule has 0 fully saturated rings. The highest BCUT2D eigenvalue weighted by Gasteiger charge is 2.23. The Hall–Kier alpha value is -1.36. The second kappa shape index (κ2) is 6.60. The Bertz CT molecular complexity index is 523. The maximum Gasteiger partial charge on any atom is 0.236 e. The quantitative estimate of drug-likeness (QED) is 0.848. The molecule has 0 spiro atoms. The number of amides is 1. The normalized spacial score (nSPS) is 11.8. The third kappa shape index (κ3) is 4.84. The molecule has 0 saturated carbocycles. The van der Waals surface area contributed by atoms with E-state index in [1.165, 1.54) is 0 Å². The number of nitrogens with two attached hydrogens (primary N) is 1. The lowest BCUT2D eigenvalue weighted by Crippen LogP contribution is -2.38. The Balaban J connectivity index is 3.35. The number of primary amides is 1. The van der Waals surface area contributed by atoms with Crippen LogP contribution >= 0.6 is 11.6 Å². The molecular weight excluding hydrogens is 288 g/mol. The zero-order valence-electron chi connectivity index (χ0n) is 13.7. The van der Waals surface area contributed by atoms with Crippen molar-refractivity contribution >= 4 is 23.3 Å². The predicted octanol–water partition coefficient (Wildman–Crippen LogP) is 2.68. The highest BCUT2D eigenvalue weighted by Crippen LogP contribution is 2.28. The number of carbonyl (C=O) groups is 1. The SMILES string of the molecule is Cc1c(Cl)nc(C(C)(C)C)nc1N(CC(N)=O)CC(C)C. The minimum atomic E-state index is -0.387. The van der Waals surface area contributed by atoms with Crippen LogP contribution in [0.2, 0.25) is 5.15 Å². The standard InChI is InChI=1S/C15H25ClN4O/c1-9(2)7-20(8-11(17)21)13-10(3)12(16)18-14(19-13)15(4,5)6/h9H,7-8H2,1-6H3,(H2,17,21). The average molecular weight is 313 g/mol. The minimum absolute atomic E-state index is 0.121. The average Bonchev–Trinajstić information content (AvgIpc) is 2.28. The third-order valence-electron chi connectivity index (χ3n) is 2.96. The van der Waals surface area contributed by atoms with E-state index in [1.54, 1.807) is 0 Å². The molecule has 0 aliphatic carbocycles. The van der Waals surface area contributed by atoms with Gasteiger partial charge in [-0.1, -0.05) is 46.2 Å². The summed E-state index contributed by atoms with van der Waals surface area (Å²) >= 11 is 6.25. The molecule has 5 nitrogen and oxygen atoms in total. The van der Waals surface area contributed by atoms with E-state index >= 15 is 0 Å². The molecule has 0 saturated heterocycles. The summed E-state index contributed by atoms with van der Waals surface area (Å²) in [4.78, 5) is 22.2. The van der Waals surface area contributed by atoms with E-state index in [4.69, 9.17) is 17.3 Å². The number of rotatable bonds is 5. The Morgan fingerprint density at radius 3 is 2.33 bits per heavy atom. The maximum atomic E-state index is 11.3. The molecule has 1 aromatic heterocycles. The maximum absolute atomic E-state index is 11.3. The second-order valence-corrected chi connectivity index (χ2v) is 7.14. The van der Waals surface area contributed by atoms with Crippen LogP contribution in [0, 0.1) is 12.8 Å². The van der Waals surface area contributed by atoms with E-state index < -0.39 is 0 Å².